The van der Waals surface area contributed by atoms with Gasteiger partial charge >= 0.3 is 0 Å². The first-order valence-corrected chi connectivity index (χ1v) is 7.43. The minimum Gasteiger partial charge on any atom is -0.391 e. The number of aliphatic hydroxyl groups is 1. The normalized spacial score (nSPS) is 17.9. The summed E-state index contributed by atoms with van der Waals surface area (Å²) < 4.78 is 0. The van der Waals surface area contributed by atoms with Crippen LogP contribution in [0.2, 0.25) is 0 Å². The van der Waals surface area contributed by atoms with E-state index in [9.17, 15) is 9.90 Å². The molecular formula is C14H21NO2S. The van der Waals surface area contributed by atoms with Gasteiger partial charge < -0.3 is 10.4 Å². The molecule has 1 fully saturated rings. The first kappa shape index (κ1) is 13.6. The Morgan fingerprint density at radius 3 is 2.72 bits per heavy atom. The minimum absolute atomic E-state index is 0.0612. The third kappa shape index (κ3) is 3.12. The second-order valence-electron chi connectivity index (χ2n) is 5.15. The lowest BCUT2D eigenvalue weighted by atomic mass is 10.0. The summed E-state index contributed by atoms with van der Waals surface area (Å²) in [6, 6.07) is 1.91. The fourth-order valence-corrected chi connectivity index (χ4v) is 3.58. The molecule has 0 bridgehead atoms. The molecule has 1 atom stereocenters. The van der Waals surface area contributed by atoms with Crippen molar-refractivity contribution in [1.82, 2.24) is 5.32 Å². The average molecular weight is 267 g/mol. The van der Waals surface area contributed by atoms with E-state index in [1.807, 2.05) is 19.9 Å². The molecule has 4 heteroatoms. The zero-order valence-corrected chi connectivity index (χ0v) is 11.8. The van der Waals surface area contributed by atoms with Crippen molar-refractivity contribution in [3.8, 4) is 0 Å². The van der Waals surface area contributed by atoms with Gasteiger partial charge in [0.2, 0.25) is 0 Å². The molecule has 1 aromatic heterocycles. The molecule has 1 unspecified atom stereocenters. The standard InChI is InChI=1S/C14H21NO2S/c1-9-7-12(10(2)18-9)14(17)15-8-13(16)11-5-3-4-6-11/h7,11,13,16H,3-6,8H2,1-2H3,(H,15,17). The van der Waals surface area contributed by atoms with Crippen LogP contribution < -0.4 is 5.32 Å². The van der Waals surface area contributed by atoms with Gasteiger partial charge in [0, 0.05) is 16.3 Å². The summed E-state index contributed by atoms with van der Waals surface area (Å²) in [6.07, 6.45) is 4.20. The predicted molar refractivity (Wildman–Crippen MR) is 74.1 cm³/mol. The maximum Gasteiger partial charge on any atom is 0.252 e. The monoisotopic (exact) mass is 267 g/mol. The van der Waals surface area contributed by atoms with Crippen LogP contribution >= 0.6 is 11.3 Å². The molecule has 1 amide bonds. The van der Waals surface area contributed by atoms with Gasteiger partial charge in [-0.15, -0.1) is 11.3 Å². The zero-order chi connectivity index (χ0) is 13.1. The van der Waals surface area contributed by atoms with Gasteiger partial charge in [-0.25, -0.2) is 0 Å². The molecule has 0 aliphatic heterocycles. The molecule has 100 valence electrons. The highest BCUT2D eigenvalue weighted by Gasteiger charge is 2.23. The number of thiophene rings is 1. The molecule has 3 nitrogen and oxygen atoms in total. The summed E-state index contributed by atoms with van der Waals surface area (Å²) in [5.74, 6) is 0.310. The Morgan fingerprint density at radius 2 is 2.17 bits per heavy atom. The number of aryl methyl sites for hydroxylation is 2. The van der Waals surface area contributed by atoms with E-state index in [2.05, 4.69) is 5.32 Å². The Balaban J connectivity index is 1.86. The van der Waals surface area contributed by atoms with Gasteiger partial charge in [-0.05, 0) is 38.7 Å². The lowest BCUT2D eigenvalue weighted by Crippen LogP contribution is -2.35. The number of amides is 1. The molecule has 1 aliphatic carbocycles. The van der Waals surface area contributed by atoms with Crippen LogP contribution in [0.5, 0.6) is 0 Å². The van der Waals surface area contributed by atoms with Gasteiger partial charge in [0.05, 0.1) is 11.7 Å². The van der Waals surface area contributed by atoms with Gasteiger partial charge in [0.1, 0.15) is 0 Å². The summed E-state index contributed by atoms with van der Waals surface area (Å²) in [5.41, 5.74) is 0.746. The summed E-state index contributed by atoms with van der Waals surface area (Å²) >= 11 is 1.63. The number of hydrogen-bond donors (Lipinski definition) is 2. The molecule has 0 spiro atoms. The third-order valence-electron chi connectivity index (χ3n) is 3.70. The summed E-state index contributed by atoms with van der Waals surface area (Å²) in [5, 5.41) is 12.9. The van der Waals surface area contributed by atoms with Crippen molar-refractivity contribution in [2.24, 2.45) is 5.92 Å². The van der Waals surface area contributed by atoms with Crippen LogP contribution in [0.15, 0.2) is 6.07 Å². The fraction of sp³-hybridized carbons (Fsp3) is 0.643. The van der Waals surface area contributed by atoms with Crippen molar-refractivity contribution in [2.45, 2.75) is 45.6 Å². The minimum atomic E-state index is -0.392. The lowest BCUT2D eigenvalue weighted by Gasteiger charge is -2.17. The molecule has 1 aliphatic rings. The van der Waals surface area contributed by atoms with Crippen LogP contribution in [0.3, 0.4) is 0 Å². The van der Waals surface area contributed by atoms with Crippen LogP contribution in [-0.4, -0.2) is 23.7 Å². The van der Waals surface area contributed by atoms with Crippen molar-refractivity contribution in [3.63, 3.8) is 0 Å². The van der Waals surface area contributed by atoms with Crippen LogP contribution in [0.4, 0.5) is 0 Å². The summed E-state index contributed by atoms with van der Waals surface area (Å²) in [6.45, 7) is 4.33. The second kappa shape index (κ2) is 5.85. The number of carbonyl (C=O) groups is 1. The Labute approximate surface area is 112 Å². The molecular weight excluding hydrogens is 246 g/mol. The molecule has 18 heavy (non-hydrogen) atoms. The maximum absolute atomic E-state index is 12.0. The van der Waals surface area contributed by atoms with E-state index in [-0.39, 0.29) is 5.91 Å². The average Bonchev–Trinajstić information content (AvgIpc) is 2.95. The lowest BCUT2D eigenvalue weighted by molar-refractivity contribution is 0.0840. The molecule has 0 radical (unpaired) electrons. The number of carbonyl (C=O) groups excluding carboxylic acids is 1. The van der Waals surface area contributed by atoms with Crippen molar-refractivity contribution < 1.29 is 9.90 Å². The highest BCUT2D eigenvalue weighted by Crippen LogP contribution is 2.27. The first-order valence-electron chi connectivity index (χ1n) is 6.61. The number of rotatable bonds is 4. The number of hydrogen-bond acceptors (Lipinski definition) is 3. The van der Waals surface area contributed by atoms with Gasteiger partial charge in [-0.1, -0.05) is 12.8 Å². The zero-order valence-electron chi connectivity index (χ0n) is 11.0. The van der Waals surface area contributed by atoms with Crippen LogP contribution in [0.1, 0.15) is 45.8 Å². The SMILES string of the molecule is Cc1cc(C(=O)NCC(O)C2CCCC2)c(C)s1. The van der Waals surface area contributed by atoms with Gasteiger partial charge in [-0.3, -0.25) is 4.79 Å². The van der Waals surface area contributed by atoms with Crippen molar-refractivity contribution in [1.29, 1.82) is 0 Å². The van der Waals surface area contributed by atoms with E-state index < -0.39 is 6.10 Å². The molecule has 1 aromatic rings. The molecule has 2 N–H and O–H groups in total. The van der Waals surface area contributed by atoms with Gasteiger partial charge in [0.25, 0.3) is 5.91 Å². The summed E-state index contributed by atoms with van der Waals surface area (Å²) in [7, 11) is 0. The second-order valence-corrected chi connectivity index (χ2v) is 6.61. The topological polar surface area (TPSA) is 49.3 Å². The smallest absolute Gasteiger partial charge is 0.252 e. The summed E-state index contributed by atoms with van der Waals surface area (Å²) in [4.78, 5) is 14.2. The maximum atomic E-state index is 12.0. The van der Waals surface area contributed by atoms with Crippen molar-refractivity contribution >= 4 is 17.2 Å². The Bertz CT molecular complexity index is 421. The third-order valence-corrected chi connectivity index (χ3v) is 4.67. The predicted octanol–water partition coefficient (Wildman–Crippen LogP) is 2.65. The van der Waals surface area contributed by atoms with E-state index in [1.54, 1.807) is 11.3 Å². The Morgan fingerprint density at radius 1 is 1.50 bits per heavy atom. The van der Waals surface area contributed by atoms with Crippen LogP contribution in [0, 0.1) is 19.8 Å². The van der Waals surface area contributed by atoms with Gasteiger partial charge in [-0.2, -0.15) is 0 Å². The largest absolute Gasteiger partial charge is 0.391 e. The van der Waals surface area contributed by atoms with E-state index in [0.717, 1.165) is 28.2 Å². The van der Waals surface area contributed by atoms with E-state index >= 15 is 0 Å². The highest BCUT2D eigenvalue weighted by atomic mass is 32.1. The van der Waals surface area contributed by atoms with Crippen molar-refractivity contribution in [2.75, 3.05) is 6.54 Å². The Kier molecular flexibility index (Phi) is 4.40. The molecule has 2 rings (SSSR count). The Hall–Kier alpha value is -0.870. The van der Waals surface area contributed by atoms with E-state index in [0.29, 0.717) is 12.5 Å². The molecule has 0 aromatic carbocycles. The van der Waals surface area contributed by atoms with Crippen molar-refractivity contribution in [3.05, 3.63) is 21.4 Å². The quantitative estimate of drug-likeness (QED) is 0.881. The van der Waals surface area contributed by atoms with Crippen LogP contribution in [0.25, 0.3) is 0 Å². The molecule has 1 saturated carbocycles. The number of aliphatic hydroxyl groups excluding tert-OH is 1. The van der Waals surface area contributed by atoms with Gasteiger partial charge in [0.15, 0.2) is 0 Å². The fourth-order valence-electron chi connectivity index (χ4n) is 2.66. The number of nitrogens with one attached hydrogen (secondary N) is 1. The molecule has 0 saturated heterocycles. The first-order chi connectivity index (χ1) is 8.58. The van der Waals surface area contributed by atoms with Crippen LogP contribution in [-0.2, 0) is 0 Å². The van der Waals surface area contributed by atoms with E-state index in [1.165, 1.54) is 12.8 Å². The molecule has 1 heterocycles. The highest BCUT2D eigenvalue weighted by molar-refractivity contribution is 7.12. The van der Waals surface area contributed by atoms with E-state index in [4.69, 9.17) is 0 Å².